The number of nitrogens with one attached hydrogen (secondary N) is 1. The lowest BCUT2D eigenvalue weighted by molar-refractivity contribution is 0.0591. The summed E-state index contributed by atoms with van der Waals surface area (Å²) < 4.78 is 11.5. The van der Waals surface area contributed by atoms with Gasteiger partial charge in [-0.2, -0.15) is 0 Å². The van der Waals surface area contributed by atoms with Gasteiger partial charge in [-0.05, 0) is 42.5 Å². The molecule has 0 radical (unpaired) electrons. The number of esters is 2. The first-order valence-electron chi connectivity index (χ1n) is 7.78. The van der Waals surface area contributed by atoms with Crippen molar-refractivity contribution in [2.45, 2.75) is 0 Å². The van der Waals surface area contributed by atoms with Gasteiger partial charge >= 0.3 is 11.9 Å². The summed E-state index contributed by atoms with van der Waals surface area (Å²) in [6, 6.07) is 12.2. The standard InChI is InChI=1S/C19H17ClN2O4/c1-22-15-9-4-11(18(23)25-2)10-14(15)16(19(24)26-3)17(22)21-13-7-5-12(20)6-8-13/h4-10,21H,1-3H3. The van der Waals surface area contributed by atoms with Crippen molar-refractivity contribution in [2.75, 3.05) is 19.5 Å². The molecule has 0 fully saturated rings. The van der Waals surface area contributed by atoms with Crippen molar-refractivity contribution in [3.05, 3.63) is 58.6 Å². The molecule has 0 amide bonds. The highest BCUT2D eigenvalue weighted by molar-refractivity contribution is 6.30. The molecule has 0 aliphatic heterocycles. The van der Waals surface area contributed by atoms with Crippen LogP contribution in [0.15, 0.2) is 42.5 Å². The van der Waals surface area contributed by atoms with Crippen LogP contribution < -0.4 is 5.32 Å². The molecular formula is C19H17ClN2O4. The van der Waals surface area contributed by atoms with Crippen LogP contribution in [0.3, 0.4) is 0 Å². The van der Waals surface area contributed by atoms with Crippen molar-refractivity contribution in [2.24, 2.45) is 7.05 Å². The number of anilines is 2. The molecule has 3 aromatic rings. The molecule has 0 saturated carbocycles. The predicted octanol–water partition coefficient (Wildman–Crippen LogP) is 4.15. The number of fused-ring (bicyclic) bond motifs is 1. The van der Waals surface area contributed by atoms with Gasteiger partial charge in [0.1, 0.15) is 11.4 Å². The van der Waals surface area contributed by atoms with E-state index in [-0.39, 0.29) is 0 Å². The average molecular weight is 373 g/mol. The van der Waals surface area contributed by atoms with Gasteiger partial charge in [0.15, 0.2) is 0 Å². The largest absolute Gasteiger partial charge is 0.465 e. The SMILES string of the molecule is COC(=O)c1ccc2c(c1)c(C(=O)OC)c(Nc1ccc(Cl)cc1)n2C. The Morgan fingerprint density at radius 1 is 1.00 bits per heavy atom. The van der Waals surface area contributed by atoms with Gasteiger partial charge in [0.05, 0.1) is 25.3 Å². The van der Waals surface area contributed by atoms with E-state index in [9.17, 15) is 9.59 Å². The minimum atomic E-state index is -0.505. The van der Waals surface area contributed by atoms with Crippen LogP contribution in [0.5, 0.6) is 0 Å². The number of aryl methyl sites for hydroxylation is 1. The van der Waals surface area contributed by atoms with E-state index in [1.807, 2.05) is 11.6 Å². The monoisotopic (exact) mass is 372 g/mol. The molecule has 3 rings (SSSR count). The van der Waals surface area contributed by atoms with Crippen LogP contribution in [0.4, 0.5) is 11.5 Å². The lowest BCUT2D eigenvalue weighted by atomic mass is 10.1. The van der Waals surface area contributed by atoms with Crippen molar-refractivity contribution in [1.82, 2.24) is 4.57 Å². The van der Waals surface area contributed by atoms with Gasteiger partial charge in [-0.1, -0.05) is 11.6 Å². The van der Waals surface area contributed by atoms with Crippen molar-refractivity contribution in [3.8, 4) is 0 Å². The van der Waals surface area contributed by atoms with E-state index in [0.29, 0.717) is 27.4 Å². The smallest absolute Gasteiger partial charge is 0.342 e. The van der Waals surface area contributed by atoms with Crippen LogP contribution in [0, 0.1) is 0 Å². The lowest BCUT2D eigenvalue weighted by Gasteiger charge is -2.10. The number of ether oxygens (including phenoxy) is 2. The highest BCUT2D eigenvalue weighted by Gasteiger charge is 2.23. The maximum absolute atomic E-state index is 12.4. The zero-order valence-corrected chi connectivity index (χ0v) is 15.3. The Morgan fingerprint density at radius 2 is 1.65 bits per heavy atom. The molecule has 1 aromatic heterocycles. The fourth-order valence-corrected chi connectivity index (χ4v) is 2.94. The van der Waals surface area contributed by atoms with Crippen molar-refractivity contribution < 1.29 is 19.1 Å². The van der Waals surface area contributed by atoms with E-state index in [1.54, 1.807) is 42.5 Å². The number of rotatable bonds is 4. The Labute approximate surface area is 155 Å². The molecule has 0 saturated heterocycles. The van der Waals surface area contributed by atoms with Gasteiger partial charge in [0.2, 0.25) is 0 Å². The molecule has 0 unspecified atom stereocenters. The van der Waals surface area contributed by atoms with E-state index in [0.717, 1.165) is 11.2 Å². The molecule has 0 aliphatic carbocycles. The first kappa shape index (κ1) is 17.8. The third-order valence-electron chi connectivity index (χ3n) is 4.12. The normalized spacial score (nSPS) is 10.6. The molecule has 0 atom stereocenters. The van der Waals surface area contributed by atoms with Gasteiger partial charge < -0.3 is 19.4 Å². The first-order chi connectivity index (χ1) is 12.5. The summed E-state index contributed by atoms with van der Waals surface area (Å²) in [6.07, 6.45) is 0. The number of methoxy groups -OCH3 is 2. The minimum absolute atomic E-state index is 0.339. The van der Waals surface area contributed by atoms with E-state index < -0.39 is 11.9 Å². The van der Waals surface area contributed by atoms with Crippen LogP contribution >= 0.6 is 11.6 Å². The summed E-state index contributed by atoms with van der Waals surface area (Å²) in [4.78, 5) is 24.3. The number of hydrogen-bond acceptors (Lipinski definition) is 5. The van der Waals surface area contributed by atoms with Crippen molar-refractivity contribution in [3.63, 3.8) is 0 Å². The third-order valence-corrected chi connectivity index (χ3v) is 4.37. The Balaban J connectivity index is 2.20. The molecule has 2 aromatic carbocycles. The van der Waals surface area contributed by atoms with Crippen LogP contribution in [0.1, 0.15) is 20.7 Å². The number of benzene rings is 2. The Morgan fingerprint density at radius 3 is 2.27 bits per heavy atom. The second kappa shape index (κ2) is 7.09. The summed E-state index contributed by atoms with van der Waals surface area (Å²) in [5.41, 5.74) is 2.23. The van der Waals surface area contributed by atoms with Gasteiger partial charge in [-0.25, -0.2) is 9.59 Å². The van der Waals surface area contributed by atoms with Crippen LogP contribution in [-0.2, 0) is 16.5 Å². The first-order valence-corrected chi connectivity index (χ1v) is 8.15. The summed E-state index contributed by atoms with van der Waals surface area (Å²) in [5, 5.41) is 4.43. The fourth-order valence-electron chi connectivity index (χ4n) is 2.81. The number of aromatic nitrogens is 1. The van der Waals surface area contributed by atoms with Crippen molar-refractivity contribution >= 4 is 45.9 Å². The summed E-state index contributed by atoms with van der Waals surface area (Å²) in [5.74, 6) is -0.427. The summed E-state index contributed by atoms with van der Waals surface area (Å²) >= 11 is 5.92. The van der Waals surface area contributed by atoms with Crippen LogP contribution in [-0.4, -0.2) is 30.7 Å². The minimum Gasteiger partial charge on any atom is -0.465 e. The maximum atomic E-state index is 12.4. The van der Waals surface area contributed by atoms with E-state index in [4.69, 9.17) is 21.1 Å². The van der Waals surface area contributed by atoms with Gasteiger partial charge in [0, 0.05) is 23.1 Å². The lowest BCUT2D eigenvalue weighted by Crippen LogP contribution is -2.06. The topological polar surface area (TPSA) is 69.6 Å². The highest BCUT2D eigenvalue weighted by Crippen LogP contribution is 2.33. The number of halogens is 1. The highest BCUT2D eigenvalue weighted by atomic mass is 35.5. The number of nitrogens with zero attached hydrogens (tertiary/aromatic N) is 1. The van der Waals surface area contributed by atoms with E-state index in [2.05, 4.69) is 5.32 Å². The molecular weight excluding hydrogens is 356 g/mol. The second-order valence-electron chi connectivity index (χ2n) is 5.63. The predicted molar refractivity (Wildman–Crippen MR) is 100 cm³/mol. The summed E-state index contributed by atoms with van der Waals surface area (Å²) in [7, 11) is 4.45. The Hall–Kier alpha value is -2.99. The average Bonchev–Trinajstić information content (AvgIpc) is 2.93. The number of hydrogen-bond donors (Lipinski definition) is 1. The molecule has 0 bridgehead atoms. The molecule has 7 heteroatoms. The number of carbonyl (C=O) groups is 2. The second-order valence-corrected chi connectivity index (χ2v) is 6.07. The molecule has 0 aliphatic rings. The Kier molecular flexibility index (Phi) is 4.86. The molecule has 1 N–H and O–H groups in total. The molecule has 26 heavy (non-hydrogen) atoms. The summed E-state index contributed by atoms with van der Waals surface area (Å²) in [6.45, 7) is 0. The maximum Gasteiger partial charge on any atom is 0.342 e. The van der Waals surface area contributed by atoms with Crippen LogP contribution in [0.2, 0.25) is 5.02 Å². The molecule has 134 valence electrons. The zero-order valence-electron chi connectivity index (χ0n) is 14.5. The zero-order chi connectivity index (χ0) is 18.8. The van der Waals surface area contributed by atoms with Gasteiger partial charge in [0.25, 0.3) is 0 Å². The third kappa shape index (κ3) is 3.11. The quantitative estimate of drug-likeness (QED) is 0.697. The van der Waals surface area contributed by atoms with Crippen LogP contribution in [0.25, 0.3) is 10.9 Å². The van der Waals surface area contributed by atoms with E-state index in [1.165, 1.54) is 14.2 Å². The van der Waals surface area contributed by atoms with Crippen molar-refractivity contribution in [1.29, 1.82) is 0 Å². The van der Waals surface area contributed by atoms with E-state index >= 15 is 0 Å². The fraction of sp³-hybridized carbons (Fsp3) is 0.158. The molecule has 1 heterocycles. The van der Waals surface area contributed by atoms with Gasteiger partial charge in [-0.3, -0.25) is 0 Å². The Bertz CT molecular complexity index is 993. The molecule has 0 spiro atoms. The van der Waals surface area contributed by atoms with Gasteiger partial charge in [-0.15, -0.1) is 0 Å². The molecule has 6 nitrogen and oxygen atoms in total. The number of carbonyl (C=O) groups excluding carboxylic acids is 2.